The van der Waals surface area contributed by atoms with Crippen LogP contribution in [0.25, 0.3) is 0 Å². The molecule has 0 saturated carbocycles. The number of carboxylic acid groups (broad SMARTS) is 1. The van der Waals surface area contributed by atoms with Crippen molar-refractivity contribution in [1.82, 2.24) is 5.32 Å². The second kappa shape index (κ2) is 3.75. The van der Waals surface area contributed by atoms with E-state index in [4.69, 9.17) is 5.11 Å². The summed E-state index contributed by atoms with van der Waals surface area (Å²) < 4.78 is 36.1. The normalized spacial score (nSPS) is 29.2. The summed E-state index contributed by atoms with van der Waals surface area (Å²) in [4.78, 5) is 10.2. The fourth-order valence-corrected chi connectivity index (χ4v) is 2.16. The van der Waals surface area contributed by atoms with Crippen molar-refractivity contribution in [3.05, 3.63) is 0 Å². The lowest BCUT2D eigenvalue weighted by atomic mass is 10.2. The first-order valence-electron chi connectivity index (χ1n) is 3.56. The number of alkyl halides is 3. The Morgan fingerprint density at radius 1 is 1.62 bits per heavy atom. The van der Waals surface area contributed by atoms with Gasteiger partial charge < -0.3 is 5.11 Å². The van der Waals surface area contributed by atoms with Gasteiger partial charge in [0.15, 0.2) is 5.37 Å². The lowest BCUT2D eigenvalue weighted by molar-refractivity contribution is -0.140. The van der Waals surface area contributed by atoms with Crippen LogP contribution in [-0.4, -0.2) is 34.4 Å². The van der Waals surface area contributed by atoms with Crippen molar-refractivity contribution in [3.8, 4) is 0 Å². The fraction of sp³-hybridized carbons (Fsp3) is 0.833. The summed E-state index contributed by atoms with van der Waals surface area (Å²) in [5, 5.41) is 8.94. The summed E-state index contributed by atoms with van der Waals surface area (Å²) in [6.45, 7) is 0. The number of rotatable bonds is 2. The van der Waals surface area contributed by atoms with Crippen LogP contribution in [0.2, 0.25) is 0 Å². The SMILES string of the molecule is O=C(O)CC1CS[C@@H](C(F)(F)F)N1. The maximum absolute atomic E-state index is 12.0. The molecule has 1 heterocycles. The summed E-state index contributed by atoms with van der Waals surface area (Å²) in [5.41, 5.74) is 0. The molecule has 1 unspecified atom stereocenters. The molecule has 1 aliphatic rings. The first-order chi connectivity index (χ1) is 5.89. The second-order valence-corrected chi connectivity index (χ2v) is 3.85. The van der Waals surface area contributed by atoms with E-state index in [0.717, 1.165) is 0 Å². The molecule has 1 saturated heterocycles. The highest BCUT2D eigenvalue weighted by Gasteiger charge is 2.44. The Bertz CT molecular complexity index is 209. The van der Waals surface area contributed by atoms with Gasteiger partial charge in [-0.1, -0.05) is 0 Å². The van der Waals surface area contributed by atoms with E-state index in [1.165, 1.54) is 0 Å². The summed E-state index contributed by atoms with van der Waals surface area (Å²) in [5.74, 6) is -0.892. The average Bonchev–Trinajstić information content (AvgIpc) is 2.32. The Labute approximate surface area is 76.7 Å². The van der Waals surface area contributed by atoms with Gasteiger partial charge in [-0.15, -0.1) is 11.8 Å². The van der Waals surface area contributed by atoms with Crippen LogP contribution >= 0.6 is 11.8 Å². The third kappa shape index (κ3) is 3.07. The van der Waals surface area contributed by atoms with Gasteiger partial charge in [-0.2, -0.15) is 13.2 Å². The molecule has 76 valence electrons. The Balaban J connectivity index is 2.41. The minimum Gasteiger partial charge on any atom is -0.481 e. The van der Waals surface area contributed by atoms with Crippen LogP contribution in [0.3, 0.4) is 0 Å². The van der Waals surface area contributed by atoms with Crippen LogP contribution in [0.15, 0.2) is 0 Å². The fourth-order valence-electron chi connectivity index (χ4n) is 1.04. The molecular weight excluding hydrogens is 207 g/mol. The molecule has 2 atom stereocenters. The maximum atomic E-state index is 12.0. The molecule has 0 amide bonds. The van der Waals surface area contributed by atoms with Crippen molar-refractivity contribution in [2.24, 2.45) is 0 Å². The van der Waals surface area contributed by atoms with Crippen LogP contribution in [0.1, 0.15) is 6.42 Å². The molecule has 0 aromatic carbocycles. The van der Waals surface area contributed by atoms with Gasteiger partial charge in [0, 0.05) is 11.8 Å². The molecule has 3 nitrogen and oxygen atoms in total. The van der Waals surface area contributed by atoms with E-state index in [-0.39, 0.29) is 12.2 Å². The Kier molecular flexibility index (Phi) is 3.07. The molecule has 0 bridgehead atoms. The van der Waals surface area contributed by atoms with E-state index in [1.54, 1.807) is 0 Å². The topological polar surface area (TPSA) is 49.3 Å². The number of hydrogen-bond donors (Lipinski definition) is 2. The van der Waals surface area contributed by atoms with E-state index >= 15 is 0 Å². The zero-order chi connectivity index (χ0) is 10.1. The number of thioether (sulfide) groups is 1. The number of carboxylic acids is 1. The molecule has 0 radical (unpaired) electrons. The number of carbonyl (C=O) groups is 1. The first kappa shape index (κ1) is 10.6. The van der Waals surface area contributed by atoms with E-state index in [0.29, 0.717) is 11.8 Å². The van der Waals surface area contributed by atoms with Crippen molar-refractivity contribution in [1.29, 1.82) is 0 Å². The van der Waals surface area contributed by atoms with Gasteiger partial charge in [-0.3, -0.25) is 10.1 Å². The molecule has 0 aromatic rings. The summed E-state index contributed by atoms with van der Waals surface area (Å²) >= 11 is 0.700. The van der Waals surface area contributed by atoms with Crippen LogP contribution < -0.4 is 5.32 Å². The van der Waals surface area contributed by atoms with Crippen molar-refractivity contribution in [3.63, 3.8) is 0 Å². The summed E-state index contributed by atoms with van der Waals surface area (Å²) in [7, 11) is 0. The highest BCUT2D eigenvalue weighted by molar-refractivity contribution is 8.00. The maximum Gasteiger partial charge on any atom is 0.413 e. The molecule has 1 rings (SSSR count). The Morgan fingerprint density at radius 2 is 2.23 bits per heavy atom. The smallest absolute Gasteiger partial charge is 0.413 e. The lowest BCUT2D eigenvalue weighted by Gasteiger charge is -2.14. The van der Waals surface area contributed by atoms with Crippen molar-refractivity contribution >= 4 is 17.7 Å². The van der Waals surface area contributed by atoms with Crippen molar-refractivity contribution in [2.75, 3.05) is 5.75 Å². The Morgan fingerprint density at radius 3 is 2.62 bits per heavy atom. The Hall–Kier alpha value is -0.430. The standard InChI is InChI=1S/C6H8F3NO2S/c7-6(8,9)5-10-3(2-13-5)1-4(11)12/h3,5,10H,1-2H2,(H,11,12)/t3?,5-/m0/s1. The third-order valence-electron chi connectivity index (χ3n) is 1.57. The van der Waals surface area contributed by atoms with Crippen LogP contribution in [0.4, 0.5) is 13.2 Å². The monoisotopic (exact) mass is 215 g/mol. The predicted octanol–water partition coefficient (Wildman–Crippen LogP) is 1.05. The molecule has 0 aliphatic carbocycles. The van der Waals surface area contributed by atoms with Gasteiger partial charge in [0.2, 0.25) is 0 Å². The molecule has 0 aromatic heterocycles. The third-order valence-corrected chi connectivity index (χ3v) is 2.90. The van der Waals surface area contributed by atoms with E-state index in [9.17, 15) is 18.0 Å². The summed E-state index contributed by atoms with van der Waals surface area (Å²) in [6.07, 6.45) is -4.56. The van der Waals surface area contributed by atoms with E-state index < -0.39 is 23.6 Å². The minimum atomic E-state index is -4.29. The van der Waals surface area contributed by atoms with Crippen molar-refractivity contribution < 1.29 is 23.1 Å². The zero-order valence-electron chi connectivity index (χ0n) is 6.47. The molecule has 7 heteroatoms. The summed E-state index contributed by atoms with van der Waals surface area (Å²) in [6, 6.07) is -0.575. The number of hydrogen-bond acceptors (Lipinski definition) is 3. The van der Waals surface area contributed by atoms with Crippen molar-refractivity contribution in [2.45, 2.75) is 24.0 Å². The van der Waals surface area contributed by atoms with E-state index in [2.05, 4.69) is 5.32 Å². The highest BCUT2D eigenvalue weighted by Crippen LogP contribution is 2.33. The van der Waals surface area contributed by atoms with Crippen LogP contribution in [0, 0.1) is 0 Å². The zero-order valence-corrected chi connectivity index (χ0v) is 7.28. The largest absolute Gasteiger partial charge is 0.481 e. The van der Waals surface area contributed by atoms with Gasteiger partial charge in [0.1, 0.15) is 0 Å². The van der Waals surface area contributed by atoms with Gasteiger partial charge >= 0.3 is 12.1 Å². The van der Waals surface area contributed by atoms with Gasteiger partial charge in [-0.25, -0.2) is 0 Å². The predicted molar refractivity (Wildman–Crippen MR) is 41.5 cm³/mol. The molecule has 0 spiro atoms. The highest BCUT2D eigenvalue weighted by atomic mass is 32.2. The quantitative estimate of drug-likeness (QED) is 0.723. The molecule has 1 fully saturated rings. The lowest BCUT2D eigenvalue weighted by Crippen LogP contribution is -2.40. The van der Waals surface area contributed by atoms with Gasteiger partial charge in [0.25, 0.3) is 0 Å². The van der Waals surface area contributed by atoms with E-state index in [1.807, 2.05) is 0 Å². The second-order valence-electron chi connectivity index (χ2n) is 2.72. The number of aliphatic carboxylic acids is 1. The number of halogens is 3. The van der Waals surface area contributed by atoms with Crippen LogP contribution in [0.5, 0.6) is 0 Å². The minimum absolute atomic E-state index is 0.191. The number of nitrogens with one attached hydrogen (secondary N) is 1. The molecule has 1 aliphatic heterocycles. The van der Waals surface area contributed by atoms with Gasteiger partial charge in [-0.05, 0) is 0 Å². The average molecular weight is 215 g/mol. The van der Waals surface area contributed by atoms with Crippen LogP contribution in [-0.2, 0) is 4.79 Å². The van der Waals surface area contributed by atoms with Gasteiger partial charge in [0.05, 0.1) is 6.42 Å². The molecular formula is C6H8F3NO2S. The molecule has 2 N–H and O–H groups in total. The molecule has 13 heavy (non-hydrogen) atoms. The first-order valence-corrected chi connectivity index (χ1v) is 4.60.